The Hall–Kier alpha value is -0.870. The minimum absolute atomic E-state index is 0.867. The number of benzene rings is 1. The third-order valence-corrected chi connectivity index (χ3v) is 3.80. The maximum absolute atomic E-state index is 5.37. The van der Waals surface area contributed by atoms with Gasteiger partial charge in [-0.25, -0.2) is 4.98 Å². The van der Waals surface area contributed by atoms with Crippen LogP contribution in [0.4, 0.5) is 0 Å². The lowest BCUT2D eigenvalue weighted by molar-refractivity contribution is 0.416. The molecule has 2 rings (SSSR count). The van der Waals surface area contributed by atoms with Crippen LogP contribution in [0.5, 0.6) is 5.75 Å². The van der Waals surface area contributed by atoms with Crippen molar-refractivity contribution in [2.24, 2.45) is 0 Å². The van der Waals surface area contributed by atoms with E-state index in [0.29, 0.717) is 0 Å². The van der Waals surface area contributed by atoms with E-state index in [9.17, 15) is 0 Å². The number of ether oxygens (including phenoxy) is 1. The first kappa shape index (κ1) is 11.6. The summed E-state index contributed by atoms with van der Waals surface area (Å²) in [6.45, 7) is 4.14. The van der Waals surface area contributed by atoms with Crippen molar-refractivity contribution in [1.82, 2.24) is 4.98 Å². The molecular formula is C12H12BrNOS. The average molecular weight is 298 g/mol. The minimum Gasteiger partial charge on any atom is -0.496 e. The highest BCUT2D eigenvalue weighted by Gasteiger charge is 2.13. The Morgan fingerprint density at radius 3 is 2.62 bits per heavy atom. The van der Waals surface area contributed by atoms with Crippen molar-refractivity contribution in [2.45, 2.75) is 13.8 Å². The van der Waals surface area contributed by atoms with Crippen molar-refractivity contribution in [3.8, 4) is 17.0 Å². The van der Waals surface area contributed by atoms with Crippen LogP contribution in [0.1, 0.15) is 10.4 Å². The third kappa shape index (κ3) is 2.13. The Balaban J connectivity index is 2.62. The van der Waals surface area contributed by atoms with Crippen LogP contribution in [0.2, 0.25) is 0 Å². The predicted octanol–water partition coefficient (Wildman–Crippen LogP) is 4.20. The first-order chi connectivity index (χ1) is 7.61. The number of rotatable bonds is 2. The van der Waals surface area contributed by atoms with Gasteiger partial charge in [0.15, 0.2) is 3.92 Å². The van der Waals surface area contributed by atoms with Crippen LogP contribution in [-0.4, -0.2) is 12.1 Å². The first-order valence-corrected chi connectivity index (χ1v) is 6.50. The molecule has 0 radical (unpaired) electrons. The Morgan fingerprint density at radius 1 is 1.31 bits per heavy atom. The van der Waals surface area contributed by atoms with Gasteiger partial charge in [0.2, 0.25) is 0 Å². The summed E-state index contributed by atoms with van der Waals surface area (Å²) in [4.78, 5) is 5.68. The third-order valence-electron chi connectivity index (χ3n) is 2.38. The largest absolute Gasteiger partial charge is 0.496 e. The minimum atomic E-state index is 0.867. The Kier molecular flexibility index (Phi) is 3.30. The van der Waals surface area contributed by atoms with Gasteiger partial charge in [-0.05, 0) is 41.9 Å². The first-order valence-electron chi connectivity index (χ1n) is 4.89. The zero-order valence-electron chi connectivity index (χ0n) is 9.37. The molecule has 4 heteroatoms. The number of hydrogen-bond acceptors (Lipinski definition) is 3. The lowest BCUT2D eigenvalue weighted by atomic mass is 10.1. The van der Waals surface area contributed by atoms with Gasteiger partial charge in [-0.3, -0.25) is 0 Å². The maximum Gasteiger partial charge on any atom is 0.160 e. The zero-order valence-corrected chi connectivity index (χ0v) is 11.8. The summed E-state index contributed by atoms with van der Waals surface area (Å²) >= 11 is 5.05. The van der Waals surface area contributed by atoms with Crippen molar-refractivity contribution in [2.75, 3.05) is 7.11 Å². The van der Waals surface area contributed by atoms with Crippen LogP contribution in [0.15, 0.2) is 22.1 Å². The van der Waals surface area contributed by atoms with Gasteiger partial charge in [-0.1, -0.05) is 11.6 Å². The maximum atomic E-state index is 5.37. The normalized spacial score (nSPS) is 10.5. The van der Waals surface area contributed by atoms with E-state index in [0.717, 1.165) is 20.9 Å². The van der Waals surface area contributed by atoms with Crippen LogP contribution >= 0.6 is 27.3 Å². The molecule has 0 bridgehead atoms. The standard InChI is InChI=1S/C12H12BrNOS/c1-7-4-5-10(15-3)9(6-7)11-8(2)16-12(13)14-11/h4-6H,1-3H3. The van der Waals surface area contributed by atoms with Gasteiger partial charge in [0.25, 0.3) is 0 Å². The zero-order chi connectivity index (χ0) is 11.7. The lowest BCUT2D eigenvalue weighted by Gasteiger charge is -2.08. The number of methoxy groups -OCH3 is 1. The quantitative estimate of drug-likeness (QED) is 0.829. The summed E-state index contributed by atoms with van der Waals surface area (Å²) in [5.74, 6) is 0.867. The molecule has 0 aliphatic carbocycles. The van der Waals surface area contributed by atoms with Crippen LogP contribution in [0.25, 0.3) is 11.3 Å². The fraction of sp³-hybridized carbons (Fsp3) is 0.250. The Labute approximate surface area is 107 Å². The number of aromatic nitrogens is 1. The van der Waals surface area contributed by atoms with E-state index in [1.807, 2.05) is 12.1 Å². The van der Waals surface area contributed by atoms with Gasteiger partial charge >= 0.3 is 0 Å². The molecule has 0 spiro atoms. The van der Waals surface area contributed by atoms with E-state index in [-0.39, 0.29) is 0 Å². The number of halogens is 1. The Morgan fingerprint density at radius 2 is 2.06 bits per heavy atom. The highest BCUT2D eigenvalue weighted by Crippen LogP contribution is 2.36. The summed E-state index contributed by atoms with van der Waals surface area (Å²) < 4.78 is 6.27. The fourth-order valence-electron chi connectivity index (χ4n) is 1.62. The summed E-state index contributed by atoms with van der Waals surface area (Å²) in [7, 11) is 1.69. The molecule has 2 nitrogen and oxygen atoms in total. The van der Waals surface area contributed by atoms with Gasteiger partial charge in [0.1, 0.15) is 5.75 Å². The molecule has 0 aliphatic heterocycles. The average Bonchev–Trinajstić information content (AvgIpc) is 2.57. The molecule has 0 saturated carbocycles. The van der Waals surface area contributed by atoms with Crippen molar-refractivity contribution < 1.29 is 4.74 Å². The molecule has 0 saturated heterocycles. The SMILES string of the molecule is COc1ccc(C)cc1-c1nc(Br)sc1C. The second-order valence-corrected chi connectivity index (χ2v) is 6.05. The molecular weight excluding hydrogens is 286 g/mol. The summed E-state index contributed by atoms with van der Waals surface area (Å²) in [6.07, 6.45) is 0. The molecule has 2 aromatic rings. The van der Waals surface area contributed by atoms with Crippen LogP contribution in [-0.2, 0) is 0 Å². The van der Waals surface area contributed by atoms with Crippen molar-refractivity contribution in [3.05, 3.63) is 32.6 Å². The number of aryl methyl sites for hydroxylation is 2. The molecule has 1 aromatic carbocycles. The van der Waals surface area contributed by atoms with E-state index in [1.165, 1.54) is 10.4 Å². The monoisotopic (exact) mass is 297 g/mol. The smallest absolute Gasteiger partial charge is 0.160 e. The van der Waals surface area contributed by atoms with E-state index in [4.69, 9.17) is 4.74 Å². The van der Waals surface area contributed by atoms with Gasteiger partial charge < -0.3 is 4.74 Å². The molecule has 1 aromatic heterocycles. The molecule has 0 amide bonds. The Bertz CT molecular complexity index is 522. The molecule has 0 unspecified atom stereocenters. The molecule has 0 atom stereocenters. The van der Waals surface area contributed by atoms with Crippen LogP contribution in [0, 0.1) is 13.8 Å². The van der Waals surface area contributed by atoms with Gasteiger partial charge in [0, 0.05) is 10.4 Å². The molecule has 1 heterocycles. The molecule has 0 fully saturated rings. The van der Waals surface area contributed by atoms with Gasteiger partial charge in [-0.15, -0.1) is 11.3 Å². The van der Waals surface area contributed by atoms with Crippen LogP contribution < -0.4 is 4.74 Å². The topological polar surface area (TPSA) is 22.1 Å². The van der Waals surface area contributed by atoms with Gasteiger partial charge in [0.05, 0.1) is 12.8 Å². The number of hydrogen-bond donors (Lipinski definition) is 0. The molecule has 16 heavy (non-hydrogen) atoms. The molecule has 0 aliphatic rings. The number of nitrogens with zero attached hydrogens (tertiary/aromatic N) is 1. The summed E-state index contributed by atoms with van der Waals surface area (Å²) in [5.41, 5.74) is 3.26. The second-order valence-electron chi connectivity index (χ2n) is 3.58. The van der Waals surface area contributed by atoms with E-state index in [2.05, 4.69) is 40.8 Å². The van der Waals surface area contributed by atoms with Crippen LogP contribution in [0.3, 0.4) is 0 Å². The highest BCUT2D eigenvalue weighted by molar-refractivity contribution is 9.11. The van der Waals surface area contributed by atoms with Crippen molar-refractivity contribution >= 4 is 27.3 Å². The van der Waals surface area contributed by atoms with Crippen molar-refractivity contribution in [1.29, 1.82) is 0 Å². The number of thiazole rings is 1. The molecule has 0 N–H and O–H groups in total. The van der Waals surface area contributed by atoms with E-state index >= 15 is 0 Å². The summed E-state index contributed by atoms with van der Waals surface area (Å²) in [6, 6.07) is 6.13. The van der Waals surface area contributed by atoms with E-state index in [1.54, 1.807) is 18.4 Å². The second kappa shape index (κ2) is 4.55. The highest BCUT2D eigenvalue weighted by atomic mass is 79.9. The molecule has 84 valence electrons. The van der Waals surface area contributed by atoms with Gasteiger partial charge in [-0.2, -0.15) is 0 Å². The fourth-order valence-corrected chi connectivity index (χ4v) is 3.17. The van der Waals surface area contributed by atoms with E-state index < -0.39 is 0 Å². The summed E-state index contributed by atoms with van der Waals surface area (Å²) in [5, 5.41) is 0. The predicted molar refractivity (Wildman–Crippen MR) is 71.3 cm³/mol. The van der Waals surface area contributed by atoms with Crippen molar-refractivity contribution in [3.63, 3.8) is 0 Å². The lowest BCUT2D eigenvalue weighted by Crippen LogP contribution is -1.90.